The van der Waals surface area contributed by atoms with Gasteiger partial charge in [-0.1, -0.05) is 12.1 Å². The van der Waals surface area contributed by atoms with Crippen molar-refractivity contribution in [3.05, 3.63) is 59.4 Å². The molecule has 12 nitrogen and oxygen atoms in total. The van der Waals surface area contributed by atoms with Gasteiger partial charge < -0.3 is 34.6 Å². The van der Waals surface area contributed by atoms with Crippen molar-refractivity contribution >= 4 is 35.4 Å². The van der Waals surface area contributed by atoms with Gasteiger partial charge in [-0.25, -0.2) is 14.0 Å². The molecule has 3 N–H and O–H groups in total. The van der Waals surface area contributed by atoms with Crippen molar-refractivity contribution in [1.29, 1.82) is 0 Å². The smallest absolute Gasteiger partial charge is 0.411 e. The van der Waals surface area contributed by atoms with Crippen molar-refractivity contribution in [3.63, 3.8) is 0 Å². The number of nitrogens with zero attached hydrogens (tertiary/aromatic N) is 3. The van der Waals surface area contributed by atoms with E-state index in [9.17, 15) is 28.7 Å². The molecule has 0 saturated carbocycles. The van der Waals surface area contributed by atoms with Crippen molar-refractivity contribution in [1.82, 2.24) is 15.1 Å². The van der Waals surface area contributed by atoms with E-state index in [0.29, 0.717) is 56.3 Å². The predicted octanol–water partition coefficient (Wildman–Crippen LogP) is 3.30. The molecule has 2 heterocycles. The monoisotopic (exact) mass is 585 g/mol. The second-order valence-corrected chi connectivity index (χ2v) is 10.4. The average molecular weight is 586 g/mol. The lowest BCUT2D eigenvalue weighted by Gasteiger charge is -2.47. The zero-order valence-electron chi connectivity index (χ0n) is 23.8. The summed E-state index contributed by atoms with van der Waals surface area (Å²) in [5.74, 6) is -2.20. The van der Waals surface area contributed by atoms with Crippen LogP contribution >= 0.6 is 0 Å². The number of hydrogen-bond acceptors (Lipinski definition) is 7. The Bertz CT molecular complexity index is 1300. The number of ether oxygens (including phenoxy) is 2. The summed E-state index contributed by atoms with van der Waals surface area (Å²) >= 11 is 0. The molecule has 0 bridgehead atoms. The number of hydrogen-bond donors (Lipinski definition) is 3. The summed E-state index contributed by atoms with van der Waals surface area (Å²) in [7, 11) is 1.23. The maximum atomic E-state index is 13.4. The Hall–Kier alpha value is -4.39. The topological polar surface area (TPSA) is 141 Å². The number of carbonyl (C=O) groups excluding carboxylic acids is 3. The molecule has 226 valence electrons. The van der Waals surface area contributed by atoms with Gasteiger partial charge in [-0.05, 0) is 49.7 Å². The molecule has 2 fully saturated rings. The number of benzene rings is 2. The number of methoxy groups -OCH3 is 1. The fourth-order valence-electron chi connectivity index (χ4n) is 5.22. The molecule has 3 unspecified atom stereocenters. The van der Waals surface area contributed by atoms with Gasteiger partial charge in [0.25, 0.3) is 5.91 Å². The Morgan fingerprint density at radius 2 is 1.74 bits per heavy atom. The number of rotatable bonds is 7. The van der Waals surface area contributed by atoms with Crippen molar-refractivity contribution in [2.75, 3.05) is 56.7 Å². The fourth-order valence-corrected chi connectivity index (χ4v) is 5.22. The summed E-state index contributed by atoms with van der Waals surface area (Å²) < 4.78 is 23.6. The molecule has 2 aliphatic rings. The Kier molecular flexibility index (Phi) is 9.84. The second-order valence-electron chi connectivity index (χ2n) is 10.4. The number of urea groups is 1. The minimum Gasteiger partial charge on any atom is -0.481 e. The largest absolute Gasteiger partial charge is 0.481 e. The molecular formula is C29H36FN5O7. The first-order chi connectivity index (χ1) is 20.1. The van der Waals surface area contributed by atoms with E-state index in [1.165, 1.54) is 37.4 Å². The van der Waals surface area contributed by atoms with E-state index in [1.807, 2.05) is 18.7 Å². The normalized spacial score (nSPS) is 19.6. The van der Waals surface area contributed by atoms with Crippen LogP contribution in [0, 0.1) is 5.82 Å². The first-order valence-electron chi connectivity index (χ1n) is 13.7. The Labute approximate surface area is 243 Å². The number of carboxylic acid groups (broad SMARTS) is 1. The predicted molar refractivity (Wildman–Crippen MR) is 152 cm³/mol. The Morgan fingerprint density at radius 3 is 2.38 bits per heavy atom. The van der Waals surface area contributed by atoms with Gasteiger partial charge >= 0.3 is 18.1 Å². The van der Waals surface area contributed by atoms with Gasteiger partial charge in [0.05, 0.1) is 44.2 Å². The maximum absolute atomic E-state index is 13.4. The van der Waals surface area contributed by atoms with Crippen LogP contribution in [-0.2, 0) is 14.3 Å². The number of piperazine rings is 1. The SMILES string of the molecule is COC(=O)Nc1cc(C(=O)NC(CC(=O)O)c2ccc(F)cc2)ccc1N1CC(C)N(C(=O)N2CCOCC2)CC1C. The van der Waals surface area contributed by atoms with E-state index in [-0.39, 0.29) is 23.7 Å². The first kappa shape index (κ1) is 30.6. The maximum Gasteiger partial charge on any atom is 0.411 e. The van der Waals surface area contributed by atoms with Gasteiger partial charge in [0.1, 0.15) is 5.82 Å². The molecule has 3 atom stereocenters. The van der Waals surface area contributed by atoms with Crippen LogP contribution in [0.5, 0.6) is 0 Å². The summed E-state index contributed by atoms with van der Waals surface area (Å²) in [4.78, 5) is 55.9. The zero-order chi connectivity index (χ0) is 30.4. The number of carboxylic acids is 1. The van der Waals surface area contributed by atoms with Crippen LogP contribution in [0.1, 0.15) is 42.2 Å². The van der Waals surface area contributed by atoms with E-state index in [2.05, 4.69) is 15.5 Å². The summed E-state index contributed by atoms with van der Waals surface area (Å²) in [5.41, 5.74) is 1.56. The highest BCUT2D eigenvalue weighted by molar-refractivity contribution is 5.99. The minimum atomic E-state index is -1.14. The van der Waals surface area contributed by atoms with Crippen molar-refractivity contribution in [2.24, 2.45) is 0 Å². The zero-order valence-corrected chi connectivity index (χ0v) is 23.8. The number of nitrogens with one attached hydrogen (secondary N) is 2. The molecule has 2 saturated heterocycles. The molecule has 4 rings (SSSR count). The first-order valence-corrected chi connectivity index (χ1v) is 13.7. The molecule has 0 aliphatic carbocycles. The quantitative estimate of drug-likeness (QED) is 0.450. The molecule has 4 amide bonds. The lowest BCUT2D eigenvalue weighted by molar-refractivity contribution is -0.137. The second kappa shape index (κ2) is 13.5. The van der Waals surface area contributed by atoms with Crippen LogP contribution in [0.25, 0.3) is 0 Å². The Morgan fingerprint density at radius 1 is 1.05 bits per heavy atom. The van der Waals surface area contributed by atoms with Gasteiger partial charge in [0.15, 0.2) is 0 Å². The summed E-state index contributed by atoms with van der Waals surface area (Å²) in [6.07, 6.45) is -1.14. The molecule has 2 aromatic rings. The Balaban J connectivity index is 1.56. The third kappa shape index (κ3) is 7.27. The van der Waals surface area contributed by atoms with E-state index in [4.69, 9.17) is 9.47 Å². The third-order valence-corrected chi connectivity index (χ3v) is 7.46. The lowest BCUT2D eigenvalue weighted by Crippen LogP contribution is -2.61. The van der Waals surface area contributed by atoms with Gasteiger partial charge in [-0.15, -0.1) is 0 Å². The lowest BCUT2D eigenvalue weighted by atomic mass is 10.0. The van der Waals surface area contributed by atoms with Crippen LogP contribution in [0.4, 0.5) is 25.4 Å². The highest BCUT2D eigenvalue weighted by Gasteiger charge is 2.35. The average Bonchev–Trinajstić information content (AvgIpc) is 2.98. The number of carbonyl (C=O) groups is 4. The number of aliphatic carboxylic acids is 1. The summed E-state index contributed by atoms with van der Waals surface area (Å²) in [6, 6.07) is 8.79. The van der Waals surface area contributed by atoms with E-state index in [0.717, 1.165) is 0 Å². The van der Waals surface area contributed by atoms with E-state index >= 15 is 0 Å². The van der Waals surface area contributed by atoms with Crippen molar-refractivity contribution in [2.45, 2.75) is 38.4 Å². The van der Waals surface area contributed by atoms with Gasteiger partial charge in [0.2, 0.25) is 0 Å². The van der Waals surface area contributed by atoms with Gasteiger partial charge in [0, 0.05) is 43.8 Å². The van der Waals surface area contributed by atoms with Crippen LogP contribution < -0.4 is 15.5 Å². The molecule has 0 aromatic heterocycles. The number of amides is 4. The summed E-state index contributed by atoms with van der Waals surface area (Å²) in [5, 5.41) is 14.8. The van der Waals surface area contributed by atoms with E-state index in [1.54, 1.807) is 17.0 Å². The van der Waals surface area contributed by atoms with Gasteiger partial charge in [-0.2, -0.15) is 0 Å². The molecular weight excluding hydrogens is 549 g/mol. The third-order valence-electron chi connectivity index (χ3n) is 7.46. The molecule has 0 spiro atoms. The molecule has 42 heavy (non-hydrogen) atoms. The standard InChI is InChI=1S/C29H36FN5O7/c1-18-17-35(29(40)33-10-12-42-13-11-33)19(2)16-34(18)25-9-6-21(14-24(25)32-28(39)41-3)27(38)31-23(15-26(36)37)20-4-7-22(30)8-5-20/h4-9,14,18-19,23H,10-13,15-17H2,1-3H3,(H,31,38)(H,32,39)(H,36,37). The number of morpholine rings is 1. The van der Waals surface area contributed by atoms with E-state index < -0.39 is 36.2 Å². The minimum absolute atomic E-state index is 0.0331. The number of anilines is 2. The molecule has 13 heteroatoms. The fraction of sp³-hybridized carbons (Fsp3) is 0.448. The molecule has 0 radical (unpaired) electrons. The van der Waals surface area contributed by atoms with Crippen LogP contribution in [-0.4, -0.2) is 97.5 Å². The molecule has 2 aromatic carbocycles. The highest BCUT2D eigenvalue weighted by atomic mass is 19.1. The van der Waals surface area contributed by atoms with Crippen LogP contribution in [0.2, 0.25) is 0 Å². The van der Waals surface area contributed by atoms with Crippen molar-refractivity contribution in [3.8, 4) is 0 Å². The van der Waals surface area contributed by atoms with Crippen molar-refractivity contribution < 1.29 is 38.1 Å². The van der Waals surface area contributed by atoms with Gasteiger partial charge in [-0.3, -0.25) is 14.9 Å². The number of halogens is 1. The highest BCUT2D eigenvalue weighted by Crippen LogP contribution is 2.32. The summed E-state index contributed by atoms with van der Waals surface area (Å²) in [6.45, 7) is 6.99. The van der Waals surface area contributed by atoms with Crippen LogP contribution in [0.3, 0.4) is 0 Å². The van der Waals surface area contributed by atoms with Crippen LogP contribution in [0.15, 0.2) is 42.5 Å². The molecule has 2 aliphatic heterocycles.